The first kappa shape index (κ1) is 10.1. The Morgan fingerprint density at radius 2 is 2.00 bits per heavy atom. The van der Waals surface area contributed by atoms with Crippen LogP contribution in [0.1, 0.15) is 24.4 Å². The van der Waals surface area contributed by atoms with E-state index >= 15 is 0 Å². The predicted octanol–water partition coefficient (Wildman–Crippen LogP) is 3.17. The lowest BCUT2D eigenvalue weighted by Gasteiger charge is -2.14. The molecule has 14 heavy (non-hydrogen) atoms. The van der Waals surface area contributed by atoms with Gasteiger partial charge in [-0.05, 0) is 25.0 Å². The maximum atomic E-state index is 6.06. The van der Waals surface area contributed by atoms with Gasteiger partial charge in [-0.15, -0.1) is 0 Å². The molecular formula is C10H11Cl2NO. The van der Waals surface area contributed by atoms with Crippen LogP contribution in [0.15, 0.2) is 12.1 Å². The van der Waals surface area contributed by atoms with Gasteiger partial charge in [0.05, 0.1) is 11.6 Å². The van der Waals surface area contributed by atoms with Crippen LogP contribution in [0.4, 0.5) is 0 Å². The third-order valence-electron chi connectivity index (χ3n) is 2.37. The van der Waals surface area contributed by atoms with Gasteiger partial charge >= 0.3 is 0 Å². The lowest BCUT2D eigenvalue weighted by atomic mass is 10.0. The Kier molecular flexibility index (Phi) is 2.86. The van der Waals surface area contributed by atoms with Gasteiger partial charge in [0.2, 0.25) is 0 Å². The van der Waals surface area contributed by atoms with Gasteiger partial charge in [0.25, 0.3) is 0 Å². The first-order valence-electron chi connectivity index (χ1n) is 4.56. The van der Waals surface area contributed by atoms with Crippen molar-refractivity contribution in [1.82, 2.24) is 0 Å². The van der Waals surface area contributed by atoms with Crippen LogP contribution >= 0.6 is 23.2 Å². The van der Waals surface area contributed by atoms with E-state index in [9.17, 15) is 0 Å². The molecule has 0 aromatic heterocycles. The number of nitrogens with two attached hydrogens (primary N) is 1. The average Bonchev–Trinajstić information content (AvgIpc) is 2.35. The second-order valence-corrected chi connectivity index (χ2v) is 4.18. The SMILES string of the molecule is NC1CCCOc2c(Cl)ccc(Cl)c21. The summed E-state index contributed by atoms with van der Waals surface area (Å²) in [6, 6.07) is 3.43. The highest BCUT2D eigenvalue weighted by Gasteiger charge is 2.21. The van der Waals surface area contributed by atoms with Crippen LogP contribution < -0.4 is 10.5 Å². The van der Waals surface area contributed by atoms with Gasteiger partial charge in [0, 0.05) is 16.6 Å². The number of benzene rings is 1. The molecule has 1 aromatic carbocycles. The molecule has 1 heterocycles. The summed E-state index contributed by atoms with van der Waals surface area (Å²) in [5.74, 6) is 0.657. The quantitative estimate of drug-likeness (QED) is 0.745. The predicted molar refractivity (Wildman–Crippen MR) is 58.1 cm³/mol. The van der Waals surface area contributed by atoms with Crippen LogP contribution in [0, 0.1) is 0 Å². The van der Waals surface area contributed by atoms with Crippen LogP contribution in [0.3, 0.4) is 0 Å². The minimum Gasteiger partial charge on any atom is -0.492 e. The third-order valence-corrected chi connectivity index (χ3v) is 3.00. The van der Waals surface area contributed by atoms with E-state index in [1.807, 2.05) is 0 Å². The zero-order valence-corrected chi connectivity index (χ0v) is 9.11. The molecule has 0 spiro atoms. The molecule has 1 aliphatic rings. The molecule has 0 aliphatic carbocycles. The van der Waals surface area contributed by atoms with Crippen molar-refractivity contribution >= 4 is 23.2 Å². The Hall–Kier alpha value is -0.440. The number of rotatable bonds is 0. The maximum absolute atomic E-state index is 6.06. The van der Waals surface area contributed by atoms with Crippen LogP contribution in [0.2, 0.25) is 10.0 Å². The Morgan fingerprint density at radius 3 is 2.79 bits per heavy atom. The van der Waals surface area contributed by atoms with Crippen molar-refractivity contribution in [3.8, 4) is 5.75 Å². The van der Waals surface area contributed by atoms with Crippen molar-refractivity contribution in [2.45, 2.75) is 18.9 Å². The Balaban J connectivity index is 2.57. The van der Waals surface area contributed by atoms with E-state index in [-0.39, 0.29) is 6.04 Å². The maximum Gasteiger partial charge on any atom is 0.144 e. The fourth-order valence-corrected chi connectivity index (χ4v) is 2.17. The molecule has 2 rings (SSSR count). The number of fused-ring (bicyclic) bond motifs is 1. The van der Waals surface area contributed by atoms with E-state index in [1.54, 1.807) is 12.1 Å². The van der Waals surface area contributed by atoms with Crippen LogP contribution in [0.5, 0.6) is 5.75 Å². The van der Waals surface area contributed by atoms with E-state index in [1.165, 1.54) is 0 Å². The molecular weight excluding hydrogens is 221 g/mol. The Morgan fingerprint density at radius 1 is 1.29 bits per heavy atom. The molecule has 0 saturated heterocycles. The van der Waals surface area contributed by atoms with Crippen molar-refractivity contribution in [3.63, 3.8) is 0 Å². The van der Waals surface area contributed by atoms with Gasteiger partial charge in [-0.25, -0.2) is 0 Å². The Labute approximate surface area is 92.9 Å². The highest BCUT2D eigenvalue weighted by atomic mass is 35.5. The molecule has 2 N–H and O–H groups in total. The minimum atomic E-state index is -0.0706. The minimum absolute atomic E-state index is 0.0706. The van der Waals surface area contributed by atoms with Gasteiger partial charge in [0.1, 0.15) is 5.75 Å². The molecule has 0 amide bonds. The summed E-state index contributed by atoms with van der Waals surface area (Å²) in [6.07, 6.45) is 1.82. The first-order chi connectivity index (χ1) is 6.70. The summed E-state index contributed by atoms with van der Waals surface area (Å²) in [6.45, 7) is 0.654. The highest BCUT2D eigenvalue weighted by molar-refractivity contribution is 6.35. The molecule has 1 aliphatic heterocycles. The zero-order chi connectivity index (χ0) is 10.1. The largest absolute Gasteiger partial charge is 0.492 e. The van der Waals surface area contributed by atoms with Crippen molar-refractivity contribution < 1.29 is 4.74 Å². The lowest BCUT2D eigenvalue weighted by Crippen LogP contribution is -2.09. The topological polar surface area (TPSA) is 35.2 Å². The summed E-state index contributed by atoms with van der Waals surface area (Å²) >= 11 is 12.1. The zero-order valence-electron chi connectivity index (χ0n) is 7.59. The number of halogens is 2. The van der Waals surface area contributed by atoms with E-state index in [4.69, 9.17) is 33.7 Å². The molecule has 1 unspecified atom stereocenters. The summed E-state index contributed by atoms with van der Waals surface area (Å²) in [7, 11) is 0. The second-order valence-electron chi connectivity index (χ2n) is 3.37. The van der Waals surface area contributed by atoms with Crippen molar-refractivity contribution in [3.05, 3.63) is 27.7 Å². The van der Waals surface area contributed by atoms with Crippen molar-refractivity contribution in [2.75, 3.05) is 6.61 Å². The first-order valence-corrected chi connectivity index (χ1v) is 5.32. The van der Waals surface area contributed by atoms with Gasteiger partial charge < -0.3 is 10.5 Å². The summed E-state index contributed by atoms with van der Waals surface area (Å²) in [4.78, 5) is 0. The van der Waals surface area contributed by atoms with Gasteiger partial charge in [0.15, 0.2) is 0 Å². The van der Waals surface area contributed by atoms with E-state index < -0.39 is 0 Å². The third kappa shape index (κ3) is 1.70. The van der Waals surface area contributed by atoms with Gasteiger partial charge in [-0.3, -0.25) is 0 Å². The molecule has 4 heteroatoms. The lowest BCUT2D eigenvalue weighted by molar-refractivity contribution is 0.316. The number of hydrogen-bond acceptors (Lipinski definition) is 2. The van der Waals surface area contributed by atoms with Crippen molar-refractivity contribution in [2.24, 2.45) is 5.73 Å². The molecule has 2 nitrogen and oxygen atoms in total. The van der Waals surface area contributed by atoms with Gasteiger partial charge in [-0.1, -0.05) is 23.2 Å². The smallest absolute Gasteiger partial charge is 0.144 e. The Bertz CT molecular complexity index is 354. The number of hydrogen-bond donors (Lipinski definition) is 1. The molecule has 0 fully saturated rings. The summed E-state index contributed by atoms with van der Waals surface area (Å²) < 4.78 is 5.53. The normalized spacial score (nSPS) is 20.9. The van der Waals surface area contributed by atoms with Crippen LogP contribution in [0.25, 0.3) is 0 Å². The summed E-state index contributed by atoms with van der Waals surface area (Å²) in [5, 5.41) is 1.22. The second kappa shape index (κ2) is 3.97. The molecule has 0 bridgehead atoms. The average molecular weight is 232 g/mol. The highest BCUT2D eigenvalue weighted by Crippen LogP contribution is 2.40. The van der Waals surface area contributed by atoms with Crippen LogP contribution in [-0.2, 0) is 0 Å². The van der Waals surface area contributed by atoms with Crippen molar-refractivity contribution in [1.29, 1.82) is 0 Å². The fraction of sp³-hybridized carbons (Fsp3) is 0.400. The van der Waals surface area contributed by atoms with E-state index in [2.05, 4.69) is 0 Å². The molecule has 0 radical (unpaired) electrons. The van der Waals surface area contributed by atoms with Crippen LogP contribution in [-0.4, -0.2) is 6.61 Å². The number of ether oxygens (including phenoxy) is 1. The molecule has 1 aromatic rings. The standard InChI is InChI=1S/C10H11Cl2NO/c11-6-3-4-7(12)10-9(6)8(13)2-1-5-14-10/h3-4,8H,1-2,5,13H2. The molecule has 0 saturated carbocycles. The summed E-state index contributed by atoms with van der Waals surface area (Å²) in [5.41, 5.74) is 6.84. The molecule has 76 valence electrons. The fourth-order valence-electron chi connectivity index (χ4n) is 1.66. The van der Waals surface area contributed by atoms with E-state index in [0.717, 1.165) is 18.4 Å². The van der Waals surface area contributed by atoms with Gasteiger partial charge in [-0.2, -0.15) is 0 Å². The monoisotopic (exact) mass is 231 g/mol. The molecule has 1 atom stereocenters. The van der Waals surface area contributed by atoms with E-state index in [0.29, 0.717) is 22.4 Å².